The van der Waals surface area contributed by atoms with E-state index in [0.29, 0.717) is 13.0 Å². The lowest BCUT2D eigenvalue weighted by Crippen LogP contribution is -2.41. The van der Waals surface area contributed by atoms with E-state index in [0.717, 1.165) is 19.4 Å². The number of halogens is 1. The van der Waals surface area contributed by atoms with E-state index in [2.05, 4.69) is 32.3 Å². The second kappa shape index (κ2) is 3.31. The summed E-state index contributed by atoms with van der Waals surface area (Å²) in [5, 5.41) is 0. The van der Waals surface area contributed by atoms with Gasteiger partial charge in [-0.15, -0.1) is 0 Å². The van der Waals surface area contributed by atoms with Crippen LogP contribution in [0.3, 0.4) is 0 Å². The van der Waals surface area contributed by atoms with Crippen molar-refractivity contribution in [3.63, 3.8) is 0 Å². The van der Waals surface area contributed by atoms with Crippen molar-refractivity contribution in [2.75, 3.05) is 13.1 Å². The molecule has 2 aliphatic heterocycles. The summed E-state index contributed by atoms with van der Waals surface area (Å²) in [6.07, 6.45) is 2.17. The molecule has 0 spiro atoms. The fraction of sp³-hybridized carbons (Fsp3) is 0.846. The van der Waals surface area contributed by atoms with Gasteiger partial charge in [0.25, 0.3) is 0 Å². The van der Waals surface area contributed by atoms with E-state index in [9.17, 15) is 4.39 Å². The molecule has 2 fully saturated rings. The zero-order chi connectivity index (χ0) is 11.3. The molecule has 86 valence electrons. The number of hydrogen-bond acceptors (Lipinski definition) is 1. The smallest absolute Gasteiger partial charge is 0.115 e. The maximum atomic E-state index is 13.5. The predicted octanol–water partition coefficient (Wildman–Crippen LogP) is 3.17. The molecule has 15 heavy (non-hydrogen) atoms. The SMILES string of the molecule is C=C1CN2C[C@H](F)CC2(CC(C)(C)C)C1. The van der Waals surface area contributed by atoms with Crippen LogP contribution in [0.25, 0.3) is 0 Å². The van der Waals surface area contributed by atoms with Gasteiger partial charge in [-0.05, 0) is 24.7 Å². The molecule has 1 unspecified atom stereocenters. The normalized spacial score (nSPS) is 37.3. The van der Waals surface area contributed by atoms with Gasteiger partial charge in [-0.2, -0.15) is 0 Å². The quantitative estimate of drug-likeness (QED) is 0.602. The average molecular weight is 211 g/mol. The summed E-state index contributed by atoms with van der Waals surface area (Å²) in [7, 11) is 0. The first-order valence-electron chi connectivity index (χ1n) is 5.87. The highest BCUT2D eigenvalue weighted by molar-refractivity contribution is 5.19. The van der Waals surface area contributed by atoms with Crippen molar-refractivity contribution < 1.29 is 4.39 Å². The monoisotopic (exact) mass is 211 g/mol. The van der Waals surface area contributed by atoms with Crippen LogP contribution in [-0.4, -0.2) is 29.7 Å². The van der Waals surface area contributed by atoms with Crippen molar-refractivity contribution in [2.45, 2.75) is 51.7 Å². The Balaban J connectivity index is 2.19. The molecule has 2 atom stereocenters. The van der Waals surface area contributed by atoms with E-state index in [1.165, 1.54) is 5.57 Å². The van der Waals surface area contributed by atoms with E-state index in [4.69, 9.17) is 0 Å². The third-order valence-corrected chi connectivity index (χ3v) is 3.54. The highest BCUT2D eigenvalue weighted by Crippen LogP contribution is 2.47. The lowest BCUT2D eigenvalue weighted by atomic mass is 9.77. The summed E-state index contributed by atoms with van der Waals surface area (Å²) in [6.45, 7) is 12.3. The molecule has 2 saturated heterocycles. The van der Waals surface area contributed by atoms with Gasteiger partial charge in [0.1, 0.15) is 6.17 Å². The third kappa shape index (κ3) is 2.10. The van der Waals surface area contributed by atoms with Crippen LogP contribution >= 0.6 is 0 Å². The molecular weight excluding hydrogens is 189 g/mol. The first-order valence-corrected chi connectivity index (χ1v) is 5.87. The summed E-state index contributed by atoms with van der Waals surface area (Å²) < 4.78 is 13.5. The van der Waals surface area contributed by atoms with Gasteiger partial charge in [0.2, 0.25) is 0 Å². The Morgan fingerprint density at radius 2 is 2.20 bits per heavy atom. The van der Waals surface area contributed by atoms with Gasteiger partial charge in [0.15, 0.2) is 0 Å². The fourth-order valence-corrected chi connectivity index (χ4v) is 3.48. The van der Waals surface area contributed by atoms with Crippen LogP contribution < -0.4 is 0 Å². The number of alkyl halides is 1. The topological polar surface area (TPSA) is 3.24 Å². The maximum absolute atomic E-state index is 13.5. The van der Waals surface area contributed by atoms with Crippen LogP contribution in [0.15, 0.2) is 12.2 Å². The van der Waals surface area contributed by atoms with Gasteiger partial charge in [-0.3, -0.25) is 4.90 Å². The Hall–Kier alpha value is -0.370. The highest BCUT2D eigenvalue weighted by Gasteiger charge is 2.51. The standard InChI is InChI=1S/C13H22FN/c1-10-5-13(9-12(2,3)4)6-11(14)8-15(13)7-10/h11H,1,5-9H2,2-4H3/t11-,13?/m1/s1. The van der Waals surface area contributed by atoms with E-state index >= 15 is 0 Å². The van der Waals surface area contributed by atoms with E-state index < -0.39 is 6.17 Å². The van der Waals surface area contributed by atoms with Crippen LogP contribution in [-0.2, 0) is 0 Å². The van der Waals surface area contributed by atoms with E-state index in [1.54, 1.807) is 0 Å². The van der Waals surface area contributed by atoms with Gasteiger partial charge < -0.3 is 0 Å². The first-order chi connectivity index (χ1) is 6.81. The molecule has 0 saturated carbocycles. The summed E-state index contributed by atoms with van der Waals surface area (Å²) >= 11 is 0. The van der Waals surface area contributed by atoms with Crippen LogP contribution in [0, 0.1) is 5.41 Å². The molecule has 2 heterocycles. The Labute approximate surface area is 92.3 Å². The van der Waals surface area contributed by atoms with Gasteiger partial charge >= 0.3 is 0 Å². The van der Waals surface area contributed by atoms with Gasteiger partial charge in [-0.25, -0.2) is 4.39 Å². The fourth-order valence-electron chi connectivity index (χ4n) is 3.48. The van der Waals surface area contributed by atoms with Gasteiger partial charge in [-0.1, -0.05) is 32.9 Å². The zero-order valence-electron chi connectivity index (χ0n) is 10.1. The summed E-state index contributed by atoms with van der Waals surface area (Å²) in [6, 6.07) is 0. The van der Waals surface area contributed by atoms with Crippen molar-refractivity contribution in [3.8, 4) is 0 Å². The number of fused-ring (bicyclic) bond motifs is 1. The molecule has 0 aromatic rings. The average Bonchev–Trinajstić information content (AvgIpc) is 2.33. The van der Waals surface area contributed by atoms with Crippen molar-refractivity contribution in [1.82, 2.24) is 4.90 Å². The van der Waals surface area contributed by atoms with Gasteiger partial charge in [0, 0.05) is 18.6 Å². The zero-order valence-corrected chi connectivity index (χ0v) is 10.1. The summed E-state index contributed by atoms with van der Waals surface area (Å²) in [5.41, 5.74) is 1.65. The Morgan fingerprint density at radius 1 is 1.53 bits per heavy atom. The highest BCUT2D eigenvalue weighted by atomic mass is 19.1. The van der Waals surface area contributed by atoms with E-state index in [1.807, 2.05) is 0 Å². The minimum Gasteiger partial charge on any atom is -0.290 e. The minimum absolute atomic E-state index is 0.0920. The molecule has 2 rings (SSSR count). The molecule has 0 aromatic heterocycles. The first kappa shape index (κ1) is 11.1. The van der Waals surface area contributed by atoms with Gasteiger partial charge in [0.05, 0.1) is 0 Å². The third-order valence-electron chi connectivity index (χ3n) is 3.54. The lowest BCUT2D eigenvalue weighted by Gasteiger charge is -2.37. The van der Waals surface area contributed by atoms with Crippen LogP contribution in [0.2, 0.25) is 0 Å². The molecule has 2 heteroatoms. The van der Waals surface area contributed by atoms with Crippen molar-refractivity contribution in [1.29, 1.82) is 0 Å². The summed E-state index contributed by atoms with van der Waals surface area (Å²) in [5.74, 6) is 0. The van der Waals surface area contributed by atoms with E-state index in [-0.39, 0.29) is 11.0 Å². The molecule has 0 aromatic carbocycles. The second-order valence-corrected chi connectivity index (χ2v) is 6.57. The Kier molecular flexibility index (Phi) is 2.45. The van der Waals surface area contributed by atoms with Crippen LogP contribution in [0.1, 0.15) is 40.0 Å². The van der Waals surface area contributed by atoms with Crippen molar-refractivity contribution in [3.05, 3.63) is 12.2 Å². The van der Waals surface area contributed by atoms with Crippen LogP contribution in [0.4, 0.5) is 4.39 Å². The summed E-state index contributed by atoms with van der Waals surface area (Å²) in [4.78, 5) is 2.32. The molecule has 0 amide bonds. The Morgan fingerprint density at radius 3 is 2.80 bits per heavy atom. The molecular formula is C13H22FN. The molecule has 1 nitrogen and oxygen atoms in total. The molecule has 0 N–H and O–H groups in total. The lowest BCUT2D eigenvalue weighted by molar-refractivity contribution is 0.129. The molecule has 0 aliphatic carbocycles. The number of hydrogen-bond donors (Lipinski definition) is 0. The minimum atomic E-state index is -0.625. The Bertz CT molecular complexity index is 279. The van der Waals surface area contributed by atoms with Crippen molar-refractivity contribution >= 4 is 0 Å². The number of nitrogens with zero attached hydrogens (tertiary/aromatic N) is 1. The largest absolute Gasteiger partial charge is 0.290 e. The predicted molar refractivity (Wildman–Crippen MR) is 61.6 cm³/mol. The van der Waals surface area contributed by atoms with Crippen LogP contribution in [0.5, 0.6) is 0 Å². The van der Waals surface area contributed by atoms with Crippen molar-refractivity contribution in [2.24, 2.45) is 5.41 Å². The molecule has 2 aliphatic rings. The number of rotatable bonds is 1. The second-order valence-electron chi connectivity index (χ2n) is 6.57. The maximum Gasteiger partial charge on any atom is 0.115 e. The molecule has 0 bridgehead atoms. The molecule has 0 radical (unpaired) electrons.